The van der Waals surface area contributed by atoms with Crippen LogP contribution in [-0.4, -0.2) is 37.7 Å². The van der Waals surface area contributed by atoms with Crippen molar-refractivity contribution in [2.24, 2.45) is 0 Å². The highest BCUT2D eigenvalue weighted by Crippen LogP contribution is 2.30. The maximum absolute atomic E-state index is 4.83. The molecule has 1 aliphatic heterocycles. The smallest absolute Gasteiger partial charge is 0.124 e. The fraction of sp³-hybridized carbons (Fsp3) is 0.444. The van der Waals surface area contributed by atoms with Crippen molar-refractivity contribution in [1.82, 2.24) is 24.6 Å². The van der Waals surface area contributed by atoms with Crippen LogP contribution in [0.3, 0.4) is 0 Å². The van der Waals surface area contributed by atoms with E-state index in [0.29, 0.717) is 6.04 Å². The maximum atomic E-state index is 4.83. The Morgan fingerprint density at radius 3 is 2.91 bits per heavy atom. The summed E-state index contributed by atoms with van der Waals surface area (Å²) < 4.78 is 2.04. The number of nitrogens with zero attached hydrogens (tertiary/aromatic N) is 4. The fourth-order valence-corrected chi connectivity index (χ4v) is 3.52. The van der Waals surface area contributed by atoms with Crippen LogP contribution in [0.15, 0.2) is 36.5 Å². The minimum Gasteiger partial charge on any atom is -0.341 e. The standard InChI is InChI=1S/C18H23N5/c1-14-9-11-23(21-14)13-12-22-10-5-4-8-17(22)18-19-15-6-2-3-7-16(15)20-18/h2-3,6-7,9,11,17H,4-5,8,10,12-13H2,1H3,(H,19,20)/t17-/m0/s1. The molecule has 0 bridgehead atoms. The molecule has 23 heavy (non-hydrogen) atoms. The lowest BCUT2D eigenvalue weighted by Gasteiger charge is -2.34. The molecule has 0 radical (unpaired) electrons. The second-order valence-electron chi connectivity index (χ2n) is 6.41. The highest BCUT2D eigenvalue weighted by molar-refractivity contribution is 5.74. The number of piperidine rings is 1. The Bertz CT molecular complexity index is 754. The zero-order chi connectivity index (χ0) is 15.6. The lowest BCUT2D eigenvalue weighted by atomic mass is 10.0. The maximum Gasteiger partial charge on any atom is 0.124 e. The Labute approximate surface area is 136 Å². The van der Waals surface area contributed by atoms with Crippen LogP contribution in [0.1, 0.15) is 36.8 Å². The van der Waals surface area contributed by atoms with Gasteiger partial charge in [-0.3, -0.25) is 9.58 Å². The summed E-state index contributed by atoms with van der Waals surface area (Å²) in [5.41, 5.74) is 3.28. The number of H-pyrrole nitrogens is 1. The molecular formula is C18H23N5. The molecule has 0 aliphatic carbocycles. The lowest BCUT2D eigenvalue weighted by Crippen LogP contribution is -2.36. The minimum atomic E-state index is 0.396. The Hall–Kier alpha value is -2.14. The molecular weight excluding hydrogens is 286 g/mol. The summed E-state index contributed by atoms with van der Waals surface area (Å²) in [7, 11) is 0. The number of aromatic nitrogens is 4. The van der Waals surface area contributed by atoms with E-state index in [1.165, 1.54) is 19.3 Å². The highest BCUT2D eigenvalue weighted by Gasteiger charge is 2.26. The number of nitrogens with one attached hydrogen (secondary N) is 1. The van der Waals surface area contributed by atoms with Crippen LogP contribution in [0.5, 0.6) is 0 Å². The molecule has 0 amide bonds. The van der Waals surface area contributed by atoms with Gasteiger partial charge in [-0.05, 0) is 44.5 Å². The van der Waals surface area contributed by atoms with Crippen molar-refractivity contribution in [3.8, 4) is 0 Å². The molecule has 0 saturated carbocycles. The van der Waals surface area contributed by atoms with E-state index in [4.69, 9.17) is 4.98 Å². The van der Waals surface area contributed by atoms with Crippen LogP contribution >= 0.6 is 0 Å². The first-order chi connectivity index (χ1) is 11.3. The van der Waals surface area contributed by atoms with Crippen LogP contribution in [0.2, 0.25) is 0 Å². The molecule has 1 aliphatic rings. The Morgan fingerprint density at radius 1 is 1.17 bits per heavy atom. The number of para-hydroxylation sites is 2. The number of imidazole rings is 1. The molecule has 0 spiro atoms. The van der Waals surface area contributed by atoms with E-state index >= 15 is 0 Å². The number of benzene rings is 1. The van der Waals surface area contributed by atoms with Crippen molar-refractivity contribution in [2.45, 2.75) is 38.8 Å². The van der Waals surface area contributed by atoms with Crippen LogP contribution in [0, 0.1) is 6.92 Å². The molecule has 3 heterocycles. The molecule has 2 aromatic heterocycles. The van der Waals surface area contributed by atoms with Crippen LogP contribution < -0.4 is 0 Å². The van der Waals surface area contributed by atoms with Gasteiger partial charge in [-0.2, -0.15) is 5.10 Å². The number of hydrogen-bond acceptors (Lipinski definition) is 3. The van der Waals surface area contributed by atoms with E-state index in [9.17, 15) is 0 Å². The zero-order valence-electron chi connectivity index (χ0n) is 13.6. The molecule has 4 rings (SSSR count). The Kier molecular flexibility index (Phi) is 3.87. The van der Waals surface area contributed by atoms with Gasteiger partial charge in [0.25, 0.3) is 0 Å². The highest BCUT2D eigenvalue weighted by atomic mass is 15.3. The second-order valence-corrected chi connectivity index (χ2v) is 6.41. The van der Waals surface area contributed by atoms with Gasteiger partial charge in [0.05, 0.1) is 29.3 Å². The van der Waals surface area contributed by atoms with Gasteiger partial charge in [0, 0.05) is 12.7 Å². The van der Waals surface area contributed by atoms with E-state index in [1.807, 2.05) is 17.7 Å². The van der Waals surface area contributed by atoms with Gasteiger partial charge in [-0.15, -0.1) is 0 Å². The van der Waals surface area contributed by atoms with Crippen LogP contribution in [0.25, 0.3) is 11.0 Å². The van der Waals surface area contributed by atoms with Gasteiger partial charge in [0.15, 0.2) is 0 Å². The number of likely N-dealkylation sites (tertiary alicyclic amines) is 1. The molecule has 1 fully saturated rings. The number of aryl methyl sites for hydroxylation is 1. The van der Waals surface area contributed by atoms with Crippen molar-refractivity contribution in [1.29, 1.82) is 0 Å². The summed E-state index contributed by atoms with van der Waals surface area (Å²) in [6.45, 7) is 5.13. The number of hydrogen-bond donors (Lipinski definition) is 1. The summed E-state index contributed by atoms with van der Waals surface area (Å²) in [6.07, 6.45) is 5.79. The van der Waals surface area contributed by atoms with E-state index < -0.39 is 0 Å². The minimum absolute atomic E-state index is 0.396. The van der Waals surface area contributed by atoms with Crippen LogP contribution in [-0.2, 0) is 6.54 Å². The monoisotopic (exact) mass is 309 g/mol. The summed E-state index contributed by atoms with van der Waals surface area (Å²) in [4.78, 5) is 10.9. The third kappa shape index (κ3) is 3.01. The number of fused-ring (bicyclic) bond motifs is 1. The van der Waals surface area contributed by atoms with Crippen molar-refractivity contribution in [3.63, 3.8) is 0 Å². The predicted molar refractivity (Wildman–Crippen MR) is 91.2 cm³/mol. The summed E-state index contributed by atoms with van der Waals surface area (Å²) in [6, 6.07) is 10.7. The first-order valence-electron chi connectivity index (χ1n) is 8.48. The second kappa shape index (κ2) is 6.16. The third-order valence-electron chi connectivity index (χ3n) is 4.73. The molecule has 5 nitrogen and oxygen atoms in total. The van der Waals surface area contributed by atoms with Gasteiger partial charge in [0.1, 0.15) is 5.82 Å². The number of aromatic amines is 1. The van der Waals surface area contributed by atoms with E-state index in [2.05, 4.69) is 45.4 Å². The Balaban J connectivity index is 1.52. The van der Waals surface area contributed by atoms with Gasteiger partial charge in [-0.1, -0.05) is 18.6 Å². The molecule has 5 heteroatoms. The van der Waals surface area contributed by atoms with Crippen molar-refractivity contribution in [2.75, 3.05) is 13.1 Å². The molecule has 1 atom stereocenters. The fourth-order valence-electron chi connectivity index (χ4n) is 3.52. The average molecular weight is 309 g/mol. The number of rotatable bonds is 4. The summed E-state index contributed by atoms with van der Waals surface area (Å²) in [5, 5.41) is 4.49. The average Bonchev–Trinajstić information content (AvgIpc) is 3.19. The topological polar surface area (TPSA) is 49.7 Å². The lowest BCUT2D eigenvalue weighted by molar-refractivity contribution is 0.136. The molecule has 1 aromatic carbocycles. The molecule has 1 N–H and O–H groups in total. The quantitative estimate of drug-likeness (QED) is 0.804. The van der Waals surface area contributed by atoms with Gasteiger partial charge in [-0.25, -0.2) is 4.98 Å². The van der Waals surface area contributed by atoms with Gasteiger partial charge >= 0.3 is 0 Å². The molecule has 120 valence electrons. The Morgan fingerprint density at radius 2 is 2.09 bits per heavy atom. The van der Waals surface area contributed by atoms with Crippen molar-refractivity contribution < 1.29 is 0 Å². The van der Waals surface area contributed by atoms with Crippen LogP contribution in [0.4, 0.5) is 0 Å². The van der Waals surface area contributed by atoms with E-state index in [1.54, 1.807) is 0 Å². The van der Waals surface area contributed by atoms with E-state index in [0.717, 1.165) is 42.2 Å². The van der Waals surface area contributed by atoms with Gasteiger partial charge < -0.3 is 4.98 Å². The molecule has 1 saturated heterocycles. The summed E-state index contributed by atoms with van der Waals surface area (Å²) in [5.74, 6) is 1.11. The summed E-state index contributed by atoms with van der Waals surface area (Å²) >= 11 is 0. The predicted octanol–water partition coefficient (Wildman–Crippen LogP) is 3.30. The van der Waals surface area contributed by atoms with Crippen molar-refractivity contribution >= 4 is 11.0 Å². The molecule has 3 aromatic rings. The first-order valence-corrected chi connectivity index (χ1v) is 8.48. The van der Waals surface area contributed by atoms with Crippen molar-refractivity contribution in [3.05, 3.63) is 48.0 Å². The third-order valence-corrected chi connectivity index (χ3v) is 4.73. The molecule has 0 unspecified atom stereocenters. The first kappa shape index (κ1) is 14.5. The van der Waals surface area contributed by atoms with Gasteiger partial charge in [0.2, 0.25) is 0 Å². The zero-order valence-corrected chi connectivity index (χ0v) is 13.6. The largest absolute Gasteiger partial charge is 0.341 e. The SMILES string of the molecule is Cc1ccn(CCN2CCCC[C@H]2c2nc3ccccc3[nH]2)n1. The van der Waals surface area contributed by atoms with E-state index in [-0.39, 0.29) is 0 Å². The normalized spacial score (nSPS) is 19.4.